The summed E-state index contributed by atoms with van der Waals surface area (Å²) >= 11 is 0. The molecule has 284 valence electrons. The van der Waals surface area contributed by atoms with Gasteiger partial charge in [-0.2, -0.15) is 0 Å². The number of sulfonamides is 1. The molecule has 1 aromatic carbocycles. The van der Waals surface area contributed by atoms with Gasteiger partial charge in [0.1, 0.15) is 29.3 Å². The second-order valence-corrected chi connectivity index (χ2v) is 16.2. The third-order valence-corrected chi connectivity index (χ3v) is 10.8. The number of amides is 5. The Morgan fingerprint density at radius 1 is 1.06 bits per heavy atom. The molecule has 2 heterocycles. The first-order chi connectivity index (χ1) is 24.5. The lowest BCUT2D eigenvalue weighted by molar-refractivity contribution is -0.141. The zero-order chi connectivity index (χ0) is 37.8. The summed E-state index contributed by atoms with van der Waals surface area (Å²) in [6.07, 6.45) is 1.62. The maximum absolute atomic E-state index is 14.2. The highest BCUT2D eigenvalue weighted by molar-refractivity contribution is 7.91. The van der Waals surface area contributed by atoms with Gasteiger partial charge in [0.2, 0.25) is 21.8 Å². The molecule has 0 radical (unpaired) electrons. The molecule has 2 aliphatic heterocycles. The molecule has 52 heavy (non-hydrogen) atoms. The van der Waals surface area contributed by atoms with Crippen LogP contribution in [0.15, 0.2) is 36.4 Å². The number of nitrogens with one attached hydrogen (secondary N) is 4. The van der Waals surface area contributed by atoms with Crippen LogP contribution in [0.1, 0.15) is 69.7 Å². The number of hydrogen-bond donors (Lipinski definition) is 4. The van der Waals surface area contributed by atoms with Gasteiger partial charge in [-0.25, -0.2) is 22.8 Å². The van der Waals surface area contributed by atoms with Gasteiger partial charge in [-0.3, -0.25) is 24.4 Å². The molecule has 2 aliphatic carbocycles. The number of ether oxygens (including phenoxy) is 4. The summed E-state index contributed by atoms with van der Waals surface area (Å²) in [5.74, 6) is -3.63. The minimum atomic E-state index is -3.96. The normalized spacial score (nSPS) is 27.3. The molecule has 1 saturated heterocycles. The van der Waals surface area contributed by atoms with Crippen molar-refractivity contribution in [1.29, 1.82) is 0 Å². The van der Waals surface area contributed by atoms with Crippen molar-refractivity contribution in [3.8, 4) is 0 Å². The molecule has 2 saturated carbocycles. The van der Waals surface area contributed by atoms with Gasteiger partial charge in [-0.15, -0.1) is 0 Å². The number of anilines is 1. The zero-order valence-corrected chi connectivity index (χ0v) is 30.3. The number of hydrogen-bond acceptors (Lipinski definition) is 12. The number of fused-ring (bicyclic) bond motifs is 2. The molecule has 5 atom stereocenters. The van der Waals surface area contributed by atoms with Crippen molar-refractivity contribution >= 4 is 51.6 Å². The minimum Gasteiger partial charge on any atom is -0.465 e. The number of nitrogens with zero attached hydrogens (tertiary/aromatic N) is 1. The fourth-order valence-electron chi connectivity index (χ4n) is 6.18. The summed E-state index contributed by atoms with van der Waals surface area (Å²) in [6, 6.07) is 3.60. The van der Waals surface area contributed by atoms with E-state index in [9.17, 15) is 37.2 Å². The quantitative estimate of drug-likeness (QED) is 0.178. The van der Waals surface area contributed by atoms with Crippen LogP contribution in [0.4, 0.5) is 15.3 Å². The van der Waals surface area contributed by atoms with Gasteiger partial charge in [0.25, 0.3) is 5.91 Å². The van der Waals surface area contributed by atoms with E-state index >= 15 is 0 Å². The Balaban J connectivity index is 1.41. The molecule has 5 amide bonds. The van der Waals surface area contributed by atoms with E-state index in [1.165, 1.54) is 19.2 Å². The highest BCUT2D eigenvalue weighted by Gasteiger charge is 2.62. The summed E-state index contributed by atoms with van der Waals surface area (Å²) < 4.78 is 49.0. The molecule has 5 unspecified atom stereocenters. The third-order valence-electron chi connectivity index (χ3n) is 9.01. The number of methoxy groups -OCH3 is 1. The SMILES string of the molecule is COC(=O)c1ccccc1NC(=O)OC1CC2C(=O)NC3(C(=O)NS(=O)(=O)C4CC4)CC3/C=C/COCCCC(NC(=O)OC(C)(C)C)C(=O)N2C1. The molecule has 17 nitrogen and oxygen atoms in total. The maximum Gasteiger partial charge on any atom is 0.411 e. The fraction of sp³-hybridized carbons (Fsp3) is 0.588. The van der Waals surface area contributed by atoms with Gasteiger partial charge >= 0.3 is 18.2 Å². The number of carbonyl (C=O) groups is 6. The highest BCUT2D eigenvalue weighted by atomic mass is 32.2. The van der Waals surface area contributed by atoms with Crippen molar-refractivity contribution in [2.24, 2.45) is 5.92 Å². The number of alkyl carbamates (subject to hydrolysis) is 1. The summed E-state index contributed by atoms with van der Waals surface area (Å²) in [7, 11) is -2.77. The predicted molar refractivity (Wildman–Crippen MR) is 183 cm³/mol. The number of esters is 1. The van der Waals surface area contributed by atoms with Crippen molar-refractivity contribution in [3.63, 3.8) is 0 Å². The summed E-state index contributed by atoms with van der Waals surface area (Å²) in [4.78, 5) is 81.2. The first-order valence-corrected chi connectivity index (χ1v) is 18.6. The first-order valence-electron chi connectivity index (χ1n) is 17.1. The summed E-state index contributed by atoms with van der Waals surface area (Å²) in [5, 5.41) is 7.12. The monoisotopic (exact) mass is 747 g/mol. The lowest BCUT2D eigenvalue weighted by Gasteiger charge is -2.30. The van der Waals surface area contributed by atoms with Gasteiger partial charge in [-0.1, -0.05) is 24.3 Å². The molecule has 5 rings (SSSR count). The van der Waals surface area contributed by atoms with Gasteiger partial charge < -0.3 is 34.5 Å². The van der Waals surface area contributed by atoms with Crippen molar-refractivity contribution in [2.45, 2.75) is 93.9 Å². The van der Waals surface area contributed by atoms with Crippen LogP contribution in [0, 0.1) is 5.92 Å². The first kappa shape index (κ1) is 38.5. The van der Waals surface area contributed by atoms with Crippen LogP contribution in [-0.2, 0) is 43.4 Å². The zero-order valence-electron chi connectivity index (χ0n) is 29.5. The Labute approximate surface area is 301 Å². The summed E-state index contributed by atoms with van der Waals surface area (Å²) in [6.45, 7) is 5.08. The molecule has 4 N–H and O–H groups in total. The Hall–Kier alpha value is -4.71. The smallest absolute Gasteiger partial charge is 0.411 e. The van der Waals surface area contributed by atoms with E-state index in [1.54, 1.807) is 45.1 Å². The van der Waals surface area contributed by atoms with E-state index in [0.29, 0.717) is 19.3 Å². The Bertz CT molecular complexity index is 1720. The van der Waals surface area contributed by atoms with Crippen molar-refractivity contribution in [3.05, 3.63) is 42.0 Å². The second-order valence-electron chi connectivity index (χ2n) is 14.2. The standard InChI is InChI=1S/C34H45N5O12S/c1-33(2,3)51-32(45)36-25-12-8-16-49-15-7-9-20-18-34(20,30(43)38-52(46,47)22-13-14-22)37-27(40)26-17-21(19-39(26)28(25)41)50-31(44)35-24-11-6-5-10-23(24)29(42)48-4/h5-7,9-11,20-22,25-26H,8,12-19H2,1-4H3,(H,35,44)(H,36,45)(H,37,40)(H,38,43)/b9-7+. The molecule has 18 heteroatoms. The van der Waals surface area contributed by atoms with E-state index in [1.807, 2.05) is 0 Å². The van der Waals surface area contributed by atoms with Gasteiger partial charge in [0.15, 0.2) is 0 Å². The van der Waals surface area contributed by atoms with Crippen molar-refractivity contribution in [1.82, 2.24) is 20.3 Å². The van der Waals surface area contributed by atoms with Crippen LogP contribution in [0.5, 0.6) is 0 Å². The number of carbonyl (C=O) groups excluding carboxylic acids is 6. The molecule has 0 spiro atoms. The van der Waals surface area contributed by atoms with Crippen LogP contribution in [0.25, 0.3) is 0 Å². The average Bonchev–Trinajstić information content (AvgIpc) is 3.99. The molecule has 4 aliphatic rings. The van der Waals surface area contributed by atoms with E-state index in [-0.39, 0.29) is 50.3 Å². The van der Waals surface area contributed by atoms with Crippen LogP contribution in [-0.4, -0.2) is 111 Å². The predicted octanol–water partition coefficient (Wildman–Crippen LogP) is 1.73. The number of benzene rings is 1. The number of para-hydroxylation sites is 1. The Morgan fingerprint density at radius 3 is 2.48 bits per heavy atom. The number of rotatable bonds is 7. The third kappa shape index (κ3) is 9.39. The van der Waals surface area contributed by atoms with Crippen molar-refractivity contribution in [2.75, 3.05) is 32.2 Å². The Morgan fingerprint density at radius 2 is 1.79 bits per heavy atom. The van der Waals surface area contributed by atoms with E-state index in [4.69, 9.17) is 18.9 Å². The summed E-state index contributed by atoms with van der Waals surface area (Å²) in [5.41, 5.74) is -2.34. The van der Waals surface area contributed by atoms with Crippen molar-refractivity contribution < 1.29 is 56.1 Å². The van der Waals surface area contributed by atoms with Crippen LogP contribution in [0.3, 0.4) is 0 Å². The lowest BCUT2D eigenvalue weighted by atomic mass is 10.1. The molecular formula is C34H45N5O12S. The lowest BCUT2D eigenvalue weighted by Crippen LogP contribution is -2.58. The molecular weight excluding hydrogens is 702 g/mol. The highest BCUT2D eigenvalue weighted by Crippen LogP contribution is 2.46. The average molecular weight is 748 g/mol. The van der Waals surface area contributed by atoms with E-state index < -0.39 is 86.4 Å². The second kappa shape index (κ2) is 15.5. The van der Waals surface area contributed by atoms with Gasteiger partial charge in [-0.05, 0) is 65.0 Å². The Kier molecular flexibility index (Phi) is 11.5. The molecule has 0 aromatic heterocycles. The van der Waals surface area contributed by atoms with Crippen LogP contribution < -0.4 is 20.7 Å². The molecule has 0 bridgehead atoms. The topological polar surface area (TPSA) is 225 Å². The van der Waals surface area contributed by atoms with Gasteiger partial charge in [0, 0.05) is 18.9 Å². The van der Waals surface area contributed by atoms with Gasteiger partial charge in [0.05, 0.1) is 36.8 Å². The minimum absolute atomic E-state index is 0.0657. The van der Waals surface area contributed by atoms with E-state index in [0.717, 1.165) is 4.90 Å². The fourth-order valence-corrected chi connectivity index (χ4v) is 7.54. The molecule has 1 aromatic rings. The van der Waals surface area contributed by atoms with E-state index in [2.05, 4.69) is 20.7 Å². The van der Waals surface area contributed by atoms with Crippen LogP contribution in [0.2, 0.25) is 0 Å². The molecule has 3 fully saturated rings. The maximum atomic E-state index is 14.2. The largest absolute Gasteiger partial charge is 0.465 e. The van der Waals surface area contributed by atoms with Crippen LogP contribution >= 0.6 is 0 Å².